The lowest BCUT2D eigenvalue weighted by Gasteiger charge is -2.25. The summed E-state index contributed by atoms with van der Waals surface area (Å²) in [6.45, 7) is 70.2. The van der Waals surface area contributed by atoms with Crippen molar-refractivity contribution < 1.29 is 176 Å². The van der Waals surface area contributed by atoms with Crippen LogP contribution in [0.5, 0.6) is 0 Å². The first kappa shape index (κ1) is 136. The van der Waals surface area contributed by atoms with E-state index in [0.29, 0.717) is 59.1 Å². The number of carbonyl (C=O) groups is 13. The van der Waals surface area contributed by atoms with Crippen LogP contribution in [0.25, 0.3) is 6.08 Å². The molecule has 37 heteroatoms. The molecule has 0 N–H and O–H groups in total. The predicted octanol–water partition coefficient (Wildman–Crippen LogP) is 16.7. The lowest BCUT2D eigenvalue weighted by molar-refractivity contribution is -0.198. The molecule has 772 valence electrons. The van der Waals surface area contributed by atoms with E-state index in [-0.39, 0.29) is 178 Å². The van der Waals surface area contributed by atoms with Gasteiger partial charge >= 0.3 is 78.0 Å². The molecular formula is C95H170O37. The standard InChI is InChI=1S/C12H20O6.C12H14O2.C11H20O4.C10H16O7.C10H20O3.C9H18O3.3C8H16O3.C7H14O3/c1-8(2)11(13)16-9(3)17-12(14)18-10-4-6-15-7-5-10;1-10(2)12(13)14-9-8-11-6-4-3-5-7-11;1-6-9(12)14-11(8(4)5)15-10(13)7(2)3;1-6(2)9(11)15-7(3)16-10(12)17-8-4-13-5-14-8;1-6-12-10(11)9(7(2)3)13-8(4)5;1-6-11-8(10)9(4,5)12-7(2)3;1-6(2)10-5-8(9)11-7(3)4;1-5-10-8(9)7(4)11-6(2)3;1-4-5-10-8(9)6-11-7(2)3;1-4-9-7(8)5-10-6(2)3/h8-10H,4-7H2,1-3H3;3-10H,1-2H3;7-8,11H,6H2,1-5H3;6-8H,4-5H2,1-3H3;7-9H,6H2,1-5H3;7H,6H2,1-5H3;2*6-7H,5H2,1-4H3;7H,4-6H2,1-3H3;6H,4-5H2,1-3H3/b;9-8+;;;;;;;;. The molecule has 132 heavy (non-hydrogen) atoms. The Morgan fingerprint density at radius 3 is 1.22 bits per heavy atom. The van der Waals surface area contributed by atoms with E-state index in [1.54, 1.807) is 117 Å². The third kappa shape index (κ3) is 89.2. The van der Waals surface area contributed by atoms with Gasteiger partial charge in [0.1, 0.15) is 32.5 Å². The minimum Gasteiger partial charge on any atom is -0.464 e. The van der Waals surface area contributed by atoms with Crippen LogP contribution in [-0.2, 0) is 166 Å². The zero-order valence-corrected chi connectivity index (χ0v) is 86.5. The summed E-state index contributed by atoms with van der Waals surface area (Å²) >= 11 is 0. The molecule has 2 saturated heterocycles. The third-order valence-electron chi connectivity index (χ3n) is 14.5. The molecule has 6 atom stereocenters. The van der Waals surface area contributed by atoms with Gasteiger partial charge in [-0.3, -0.25) is 24.0 Å². The molecule has 0 aromatic heterocycles. The van der Waals surface area contributed by atoms with Crippen LogP contribution in [0, 0.1) is 35.5 Å². The Morgan fingerprint density at radius 2 is 0.841 bits per heavy atom. The highest BCUT2D eigenvalue weighted by atomic mass is 16.9. The molecule has 0 amide bonds. The highest BCUT2D eigenvalue weighted by Crippen LogP contribution is 2.18. The highest BCUT2D eigenvalue weighted by molar-refractivity contribution is 5.79. The minimum atomic E-state index is -1.00. The smallest absolute Gasteiger partial charge is 0.464 e. The lowest BCUT2D eigenvalue weighted by Crippen LogP contribution is -2.38. The van der Waals surface area contributed by atoms with Crippen molar-refractivity contribution >= 4 is 84.0 Å². The third-order valence-corrected chi connectivity index (χ3v) is 14.5. The van der Waals surface area contributed by atoms with E-state index < -0.39 is 67.2 Å². The van der Waals surface area contributed by atoms with Gasteiger partial charge in [0.25, 0.3) is 0 Å². The van der Waals surface area contributed by atoms with Crippen LogP contribution in [0.2, 0.25) is 0 Å². The summed E-state index contributed by atoms with van der Waals surface area (Å²) in [6.07, 6.45) is -0.324. The van der Waals surface area contributed by atoms with Crippen molar-refractivity contribution in [3.63, 3.8) is 0 Å². The van der Waals surface area contributed by atoms with E-state index in [4.69, 9.17) is 109 Å². The maximum Gasteiger partial charge on any atom is 0.513 e. The Morgan fingerprint density at radius 1 is 0.409 bits per heavy atom. The summed E-state index contributed by atoms with van der Waals surface area (Å²) in [5.74, 6) is -4.25. The normalized spacial score (nSPS) is 13.8. The van der Waals surface area contributed by atoms with Crippen molar-refractivity contribution in [3.8, 4) is 0 Å². The van der Waals surface area contributed by atoms with E-state index in [1.807, 2.05) is 162 Å². The maximum absolute atomic E-state index is 11.4. The van der Waals surface area contributed by atoms with Gasteiger partial charge in [-0.1, -0.05) is 127 Å². The van der Waals surface area contributed by atoms with Crippen LogP contribution in [-0.4, -0.2) is 249 Å². The van der Waals surface area contributed by atoms with Crippen LogP contribution in [0.4, 0.5) is 9.59 Å². The first-order valence-corrected chi connectivity index (χ1v) is 45.5. The van der Waals surface area contributed by atoms with Gasteiger partial charge in [0.15, 0.2) is 24.6 Å². The van der Waals surface area contributed by atoms with Gasteiger partial charge in [-0.05, 0) is 169 Å². The molecular weight excluding hydrogens is 1730 g/mol. The average Bonchev–Trinajstić information content (AvgIpc) is 0.963. The Kier molecular flexibility index (Phi) is 86.9. The van der Waals surface area contributed by atoms with Crippen molar-refractivity contribution in [2.45, 2.75) is 374 Å². The topological polar surface area (TPSA) is 443 Å². The molecule has 0 bridgehead atoms. The Labute approximate surface area is 787 Å². The highest BCUT2D eigenvalue weighted by Gasteiger charge is 2.32. The fourth-order valence-electron chi connectivity index (χ4n) is 8.16. The molecule has 37 nitrogen and oxygen atoms in total. The monoisotopic (exact) mass is 1900 g/mol. The molecule has 2 aliphatic heterocycles. The fourth-order valence-corrected chi connectivity index (χ4v) is 8.16. The van der Waals surface area contributed by atoms with Crippen LogP contribution in [0.1, 0.15) is 287 Å². The number of rotatable bonds is 42. The second kappa shape index (κ2) is 84.1. The molecule has 0 radical (unpaired) electrons. The first-order valence-electron chi connectivity index (χ1n) is 45.5. The number of carbonyl (C=O) groups excluding carboxylic acids is 13. The number of ether oxygens (including phenoxy) is 24. The molecule has 6 unspecified atom stereocenters. The maximum atomic E-state index is 11.4. The van der Waals surface area contributed by atoms with Gasteiger partial charge in [0.05, 0.1) is 119 Å². The summed E-state index contributed by atoms with van der Waals surface area (Å²) in [4.78, 5) is 144. The zero-order valence-electron chi connectivity index (χ0n) is 86.5. The number of benzene rings is 1. The quantitative estimate of drug-likeness (QED) is 0.0254. The van der Waals surface area contributed by atoms with Gasteiger partial charge in [-0.2, -0.15) is 0 Å². The van der Waals surface area contributed by atoms with E-state index in [1.165, 1.54) is 20.1 Å². The van der Waals surface area contributed by atoms with Gasteiger partial charge in [-0.15, -0.1) is 0 Å². The van der Waals surface area contributed by atoms with E-state index >= 15 is 0 Å². The minimum absolute atomic E-state index is 0.0319. The molecule has 2 aliphatic rings. The Bertz CT molecular complexity index is 3190. The molecule has 1 aromatic carbocycles. The SMILES string of the molecule is CC(C)C(=O)O/C=C/c1ccccc1.CC(C)OCC(=O)OC(C)C.CC(OC(=O)OC1CCOCC1)OC(=O)C(C)C.CC(OC(=O)OC1COCO1)OC(=O)C(C)C.CCC(=O)OC(OC(=O)C(C)C)C(C)C.CCCOC(=O)COC(C)C.CCOC(=O)C(C)(C)OC(C)C.CCOC(=O)C(C)OC(C)C.CCOC(=O)C(OC(C)C)C(C)C.CCOC(=O)COC(C)C. The van der Waals surface area contributed by atoms with Crippen LogP contribution < -0.4 is 0 Å². The van der Waals surface area contributed by atoms with Crippen LogP contribution in [0.3, 0.4) is 0 Å². The molecule has 2 fully saturated rings. The Balaban J connectivity index is -0.000000265. The molecule has 0 spiro atoms. The summed E-state index contributed by atoms with van der Waals surface area (Å²) in [5, 5.41) is 0. The van der Waals surface area contributed by atoms with Crippen molar-refractivity contribution in [2.75, 3.05) is 79.5 Å². The van der Waals surface area contributed by atoms with Gasteiger partial charge in [0, 0.05) is 39.0 Å². The summed E-state index contributed by atoms with van der Waals surface area (Å²) in [5.41, 5.74) is 0.188. The van der Waals surface area contributed by atoms with Crippen molar-refractivity contribution in [2.24, 2.45) is 35.5 Å². The molecule has 0 aliphatic carbocycles. The molecule has 1 aromatic rings. The van der Waals surface area contributed by atoms with Crippen LogP contribution >= 0.6 is 0 Å². The van der Waals surface area contributed by atoms with E-state index in [2.05, 4.69) is 4.74 Å². The van der Waals surface area contributed by atoms with Crippen molar-refractivity contribution in [1.29, 1.82) is 0 Å². The zero-order chi connectivity index (χ0) is 103. The van der Waals surface area contributed by atoms with E-state index in [0.717, 1.165) is 12.0 Å². The van der Waals surface area contributed by atoms with Crippen molar-refractivity contribution in [3.05, 3.63) is 42.2 Å². The number of esters is 11. The van der Waals surface area contributed by atoms with Crippen LogP contribution in [0.15, 0.2) is 36.6 Å². The fraction of sp³-hybridized carbons (Fsp3) is 0.779. The van der Waals surface area contributed by atoms with Crippen molar-refractivity contribution in [1.82, 2.24) is 0 Å². The number of hydrogen-bond acceptors (Lipinski definition) is 37. The molecule has 3 rings (SSSR count). The van der Waals surface area contributed by atoms with Gasteiger partial charge in [0.2, 0.25) is 25.2 Å². The summed E-state index contributed by atoms with van der Waals surface area (Å²) < 4.78 is 119. The largest absolute Gasteiger partial charge is 0.513 e. The second-order valence-corrected chi connectivity index (χ2v) is 32.8. The lowest BCUT2D eigenvalue weighted by atomic mass is 10.1. The molecule has 2 heterocycles. The first-order chi connectivity index (χ1) is 61.4. The number of hydrogen-bond donors (Lipinski definition) is 0. The van der Waals surface area contributed by atoms with Gasteiger partial charge in [-0.25, -0.2) is 38.4 Å². The predicted molar refractivity (Wildman–Crippen MR) is 491 cm³/mol. The second-order valence-electron chi connectivity index (χ2n) is 32.8. The van der Waals surface area contributed by atoms with E-state index in [9.17, 15) is 62.3 Å². The van der Waals surface area contributed by atoms with Gasteiger partial charge < -0.3 is 114 Å². The summed E-state index contributed by atoms with van der Waals surface area (Å²) in [6, 6.07) is 9.70. The summed E-state index contributed by atoms with van der Waals surface area (Å²) in [7, 11) is 0. The molecule has 0 saturated carbocycles. The Hall–Kier alpha value is -8.69. The average molecular weight is 1900 g/mol.